The summed E-state index contributed by atoms with van der Waals surface area (Å²) >= 11 is 0. The third-order valence-corrected chi connectivity index (χ3v) is 7.69. The molecule has 6 rings (SSSR count). The van der Waals surface area contributed by atoms with E-state index in [2.05, 4.69) is 15.5 Å². The Morgan fingerprint density at radius 2 is 1.52 bits per heavy atom. The summed E-state index contributed by atoms with van der Waals surface area (Å²) in [6, 6.07) is 31.8. The van der Waals surface area contributed by atoms with E-state index in [0.29, 0.717) is 23.5 Å². The number of hydrogen-bond acceptors (Lipinski definition) is 7. The number of amides is 2. The molecule has 0 spiro atoms. The summed E-state index contributed by atoms with van der Waals surface area (Å²) in [5.41, 5.74) is 3.97. The lowest BCUT2D eigenvalue weighted by atomic mass is 9.99. The first-order valence-corrected chi connectivity index (χ1v) is 14.9. The number of aliphatic hydroxyl groups is 1. The summed E-state index contributed by atoms with van der Waals surface area (Å²) in [7, 11) is 0. The van der Waals surface area contributed by atoms with Gasteiger partial charge in [0.05, 0.1) is 32.0 Å². The molecule has 0 aromatic heterocycles. The van der Waals surface area contributed by atoms with Crippen LogP contribution in [0.2, 0.25) is 0 Å². The Morgan fingerprint density at radius 1 is 0.795 bits per heavy atom. The predicted molar refractivity (Wildman–Crippen MR) is 168 cm³/mol. The first kappa shape index (κ1) is 29.8. The smallest absolute Gasteiger partial charge is 0.323 e. The van der Waals surface area contributed by atoms with Gasteiger partial charge in [0.15, 0.2) is 6.29 Å². The SMILES string of the molecule is O=C(Nc1ccc(Oc2ccccc2)cc1)Nc1cccc([C@@H]2O[C@H](CN3CCOCC3)C[C@H](c3ccc(CO)cc3)O2)c1. The van der Waals surface area contributed by atoms with Gasteiger partial charge in [-0.3, -0.25) is 4.90 Å². The van der Waals surface area contributed by atoms with Crippen LogP contribution < -0.4 is 15.4 Å². The molecule has 2 aliphatic heterocycles. The number of carbonyl (C=O) groups is 1. The quantitative estimate of drug-likeness (QED) is 0.203. The molecule has 2 saturated heterocycles. The number of anilines is 2. The highest BCUT2D eigenvalue weighted by Gasteiger charge is 2.33. The summed E-state index contributed by atoms with van der Waals surface area (Å²) < 4.78 is 24.3. The number of aliphatic hydroxyl groups excluding tert-OH is 1. The van der Waals surface area contributed by atoms with Crippen LogP contribution in [0.15, 0.2) is 103 Å². The van der Waals surface area contributed by atoms with E-state index in [-0.39, 0.29) is 24.8 Å². The standard InChI is InChI=1S/C35H37N3O6/c39-24-25-9-11-26(12-10-25)33-22-32(23-38-17-19-41-20-18-38)43-34(44-33)27-5-4-6-29(21-27)37-35(40)36-28-13-15-31(16-14-28)42-30-7-2-1-3-8-30/h1-16,21,32-34,39H,17-20,22-24H2,(H2,36,37,40)/t32-,33+,34+/m0/s1. The first-order chi connectivity index (χ1) is 21.6. The normalized spacial score (nSPS) is 20.5. The van der Waals surface area contributed by atoms with Gasteiger partial charge < -0.3 is 34.7 Å². The molecule has 2 heterocycles. The molecule has 2 aliphatic rings. The van der Waals surface area contributed by atoms with Gasteiger partial charge in [0, 0.05) is 43.0 Å². The van der Waals surface area contributed by atoms with Gasteiger partial charge in [0.1, 0.15) is 11.5 Å². The Bertz CT molecular complexity index is 1490. The molecule has 3 N–H and O–H groups in total. The van der Waals surface area contributed by atoms with E-state index in [1.54, 1.807) is 12.1 Å². The van der Waals surface area contributed by atoms with E-state index in [1.165, 1.54) is 0 Å². The van der Waals surface area contributed by atoms with Gasteiger partial charge in [-0.15, -0.1) is 0 Å². The second kappa shape index (κ2) is 14.5. The maximum absolute atomic E-state index is 12.9. The topological polar surface area (TPSA) is 102 Å². The van der Waals surface area contributed by atoms with Crippen LogP contribution in [0.4, 0.5) is 16.2 Å². The summed E-state index contributed by atoms with van der Waals surface area (Å²) in [5.74, 6) is 1.42. The molecule has 0 unspecified atom stereocenters. The summed E-state index contributed by atoms with van der Waals surface area (Å²) in [6.07, 6.45) is -0.134. The van der Waals surface area contributed by atoms with Gasteiger partial charge in [0.2, 0.25) is 0 Å². The lowest BCUT2D eigenvalue weighted by Crippen LogP contribution is -2.44. The molecule has 228 valence electrons. The molecular weight excluding hydrogens is 558 g/mol. The Kier molecular flexibility index (Phi) is 9.81. The van der Waals surface area contributed by atoms with E-state index >= 15 is 0 Å². The zero-order valence-electron chi connectivity index (χ0n) is 24.4. The molecule has 9 nitrogen and oxygen atoms in total. The Balaban J connectivity index is 1.11. The van der Waals surface area contributed by atoms with Gasteiger partial charge >= 0.3 is 6.03 Å². The molecular formula is C35H37N3O6. The number of morpholine rings is 1. The van der Waals surface area contributed by atoms with Crippen molar-refractivity contribution in [2.75, 3.05) is 43.5 Å². The third kappa shape index (κ3) is 8.02. The first-order valence-electron chi connectivity index (χ1n) is 14.9. The zero-order valence-corrected chi connectivity index (χ0v) is 24.4. The van der Waals surface area contributed by atoms with Crippen LogP contribution >= 0.6 is 0 Å². The number of rotatable bonds is 9. The maximum Gasteiger partial charge on any atom is 0.323 e. The van der Waals surface area contributed by atoms with Gasteiger partial charge in [-0.25, -0.2) is 4.79 Å². The van der Waals surface area contributed by atoms with Gasteiger partial charge in [-0.1, -0.05) is 54.6 Å². The van der Waals surface area contributed by atoms with Crippen LogP contribution in [0.3, 0.4) is 0 Å². The Morgan fingerprint density at radius 3 is 2.27 bits per heavy atom. The minimum Gasteiger partial charge on any atom is -0.457 e. The van der Waals surface area contributed by atoms with E-state index in [4.69, 9.17) is 18.9 Å². The molecule has 2 amide bonds. The fraction of sp³-hybridized carbons (Fsp3) is 0.286. The van der Waals surface area contributed by atoms with Crippen molar-refractivity contribution in [3.63, 3.8) is 0 Å². The van der Waals surface area contributed by atoms with Crippen molar-refractivity contribution in [3.05, 3.63) is 120 Å². The minimum atomic E-state index is -0.612. The molecule has 0 radical (unpaired) electrons. The number of hydrogen-bond donors (Lipinski definition) is 3. The van der Waals surface area contributed by atoms with Crippen molar-refractivity contribution in [1.29, 1.82) is 0 Å². The zero-order chi connectivity index (χ0) is 30.1. The van der Waals surface area contributed by atoms with Crippen molar-refractivity contribution in [3.8, 4) is 11.5 Å². The number of urea groups is 1. The number of nitrogens with one attached hydrogen (secondary N) is 2. The van der Waals surface area contributed by atoms with Gasteiger partial charge in [-0.05, 0) is 59.7 Å². The van der Waals surface area contributed by atoms with Crippen LogP contribution in [0.25, 0.3) is 0 Å². The average Bonchev–Trinajstić information content (AvgIpc) is 3.06. The lowest BCUT2D eigenvalue weighted by molar-refractivity contribution is -0.253. The molecule has 0 bridgehead atoms. The van der Waals surface area contributed by atoms with E-state index in [9.17, 15) is 9.90 Å². The second-order valence-electron chi connectivity index (χ2n) is 10.9. The van der Waals surface area contributed by atoms with Gasteiger partial charge in [-0.2, -0.15) is 0 Å². The Labute approximate surface area is 257 Å². The van der Waals surface area contributed by atoms with Crippen molar-refractivity contribution >= 4 is 17.4 Å². The average molecular weight is 596 g/mol. The van der Waals surface area contributed by atoms with Gasteiger partial charge in [0.25, 0.3) is 0 Å². The maximum atomic E-state index is 12.9. The van der Waals surface area contributed by atoms with Crippen LogP contribution in [0.5, 0.6) is 11.5 Å². The van der Waals surface area contributed by atoms with Crippen LogP contribution in [-0.2, 0) is 20.8 Å². The van der Waals surface area contributed by atoms with Crippen molar-refractivity contribution in [2.45, 2.75) is 31.5 Å². The molecule has 9 heteroatoms. The molecule has 0 aliphatic carbocycles. The number of carbonyl (C=O) groups excluding carboxylic acids is 1. The van der Waals surface area contributed by atoms with E-state index < -0.39 is 6.29 Å². The van der Waals surface area contributed by atoms with Crippen LogP contribution in [-0.4, -0.2) is 55.0 Å². The van der Waals surface area contributed by atoms with E-state index in [1.807, 2.05) is 91.0 Å². The molecule has 4 aromatic carbocycles. The summed E-state index contributed by atoms with van der Waals surface area (Å²) in [6.45, 7) is 3.97. The van der Waals surface area contributed by atoms with Crippen molar-refractivity contribution in [1.82, 2.24) is 4.90 Å². The number of ether oxygens (including phenoxy) is 4. The molecule has 3 atom stereocenters. The number of benzene rings is 4. The van der Waals surface area contributed by atoms with Crippen molar-refractivity contribution < 1.29 is 28.8 Å². The summed E-state index contributed by atoms with van der Waals surface area (Å²) in [4.78, 5) is 15.2. The minimum absolute atomic E-state index is 0.00144. The predicted octanol–water partition coefficient (Wildman–Crippen LogP) is 6.49. The molecule has 44 heavy (non-hydrogen) atoms. The Hall–Kier alpha value is -4.25. The number of nitrogens with zero attached hydrogens (tertiary/aromatic N) is 1. The highest BCUT2D eigenvalue weighted by Crippen LogP contribution is 2.38. The highest BCUT2D eigenvalue weighted by molar-refractivity contribution is 5.99. The van der Waals surface area contributed by atoms with E-state index in [0.717, 1.165) is 55.3 Å². The molecule has 0 saturated carbocycles. The largest absolute Gasteiger partial charge is 0.457 e. The molecule has 2 fully saturated rings. The van der Waals surface area contributed by atoms with Crippen LogP contribution in [0.1, 0.15) is 35.5 Å². The fourth-order valence-corrected chi connectivity index (χ4v) is 5.39. The van der Waals surface area contributed by atoms with Crippen molar-refractivity contribution in [2.24, 2.45) is 0 Å². The van der Waals surface area contributed by atoms with Crippen LogP contribution in [0, 0.1) is 0 Å². The molecule has 4 aromatic rings. The monoisotopic (exact) mass is 595 g/mol. The second-order valence-corrected chi connectivity index (χ2v) is 10.9. The fourth-order valence-electron chi connectivity index (χ4n) is 5.39. The number of para-hydroxylation sites is 1. The summed E-state index contributed by atoms with van der Waals surface area (Å²) in [5, 5.41) is 15.3. The third-order valence-electron chi connectivity index (χ3n) is 7.69. The lowest BCUT2D eigenvalue weighted by Gasteiger charge is -2.39. The highest BCUT2D eigenvalue weighted by atomic mass is 16.7.